The van der Waals surface area contributed by atoms with Crippen LogP contribution >= 0.6 is 0 Å². The van der Waals surface area contributed by atoms with Crippen molar-refractivity contribution in [2.45, 2.75) is 46.1 Å². The van der Waals surface area contributed by atoms with Crippen LogP contribution in [0.4, 0.5) is 0 Å². The standard InChI is InChI=1S/C14H21N5O2/c1-9-11(5-6-12(21)18-14(3,4)7-20)10(2)19-13(17-9)15-8-16-19/h8,20H,5-7H2,1-4H3,(H,18,21). The predicted molar refractivity (Wildman–Crippen MR) is 77.9 cm³/mol. The van der Waals surface area contributed by atoms with E-state index in [1.807, 2.05) is 13.8 Å². The van der Waals surface area contributed by atoms with E-state index in [1.54, 1.807) is 18.4 Å². The Morgan fingerprint density at radius 3 is 2.81 bits per heavy atom. The molecule has 2 aromatic rings. The van der Waals surface area contributed by atoms with E-state index in [9.17, 15) is 4.79 Å². The molecule has 114 valence electrons. The number of nitrogens with zero attached hydrogens (tertiary/aromatic N) is 4. The van der Waals surface area contributed by atoms with Crippen LogP contribution in [0.25, 0.3) is 5.78 Å². The number of carbonyl (C=O) groups excluding carboxylic acids is 1. The zero-order valence-electron chi connectivity index (χ0n) is 12.8. The molecule has 0 unspecified atom stereocenters. The first-order valence-corrected chi connectivity index (χ1v) is 6.92. The van der Waals surface area contributed by atoms with E-state index in [4.69, 9.17) is 5.11 Å². The summed E-state index contributed by atoms with van der Waals surface area (Å²) < 4.78 is 1.68. The Hall–Kier alpha value is -2.02. The van der Waals surface area contributed by atoms with E-state index in [-0.39, 0.29) is 12.5 Å². The molecule has 7 heteroatoms. The zero-order chi connectivity index (χ0) is 15.6. The quantitative estimate of drug-likeness (QED) is 0.839. The summed E-state index contributed by atoms with van der Waals surface area (Å²) in [6, 6.07) is 0. The van der Waals surface area contributed by atoms with Gasteiger partial charge in [0.15, 0.2) is 0 Å². The van der Waals surface area contributed by atoms with Crippen molar-refractivity contribution < 1.29 is 9.90 Å². The average Bonchev–Trinajstić information content (AvgIpc) is 2.86. The normalized spacial score (nSPS) is 11.9. The van der Waals surface area contributed by atoms with Gasteiger partial charge in [-0.25, -0.2) is 9.50 Å². The minimum atomic E-state index is -0.602. The first-order chi connectivity index (χ1) is 9.84. The lowest BCUT2D eigenvalue weighted by Crippen LogP contribution is -2.46. The largest absolute Gasteiger partial charge is 0.394 e. The van der Waals surface area contributed by atoms with Crippen LogP contribution in [0.3, 0.4) is 0 Å². The molecular weight excluding hydrogens is 270 g/mol. The Morgan fingerprint density at radius 1 is 1.43 bits per heavy atom. The Morgan fingerprint density at radius 2 is 2.14 bits per heavy atom. The number of hydrogen-bond donors (Lipinski definition) is 2. The number of aliphatic hydroxyl groups is 1. The first kappa shape index (κ1) is 15.4. The van der Waals surface area contributed by atoms with Crippen molar-refractivity contribution in [2.75, 3.05) is 6.61 Å². The van der Waals surface area contributed by atoms with Crippen molar-refractivity contribution in [3.8, 4) is 0 Å². The lowest BCUT2D eigenvalue weighted by Gasteiger charge is -2.23. The third kappa shape index (κ3) is 3.36. The number of fused-ring (bicyclic) bond motifs is 1. The number of aromatic nitrogens is 4. The summed E-state index contributed by atoms with van der Waals surface area (Å²) in [7, 11) is 0. The molecule has 2 aromatic heterocycles. The average molecular weight is 291 g/mol. The second-order valence-electron chi connectivity index (χ2n) is 5.82. The fourth-order valence-corrected chi connectivity index (χ4v) is 2.24. The van der Waals surface area contributed by atoms with Gasteiger partial charge >= 0.3 is 0 Å². The number of rotatable bonds is 5. The van der Waals surface area contributed by atoms with Crippen LogP contribution in [0.1, 0.15) is 37.2 Å². The number of amides is 1. The summed E-state index contributed by atoms with van der Waals surface area (Å²) in [5, 5.41) is 16.1. The van der Waals surface area contributed by atoms with Crippen LogP contribution in [-0.2, 0) is 11.2 Å². The van der Waals surface area contributed by atoms with E-state index in [1.165, 1.54) is 6.33 Å². The van der Waals surface area contributed by atoms with Gasteiger partial charge in [-0.2, -0.15) is 10.1 Å². The van der Waals surface area contributed by atoms with Gasteiger partial charge in [-0.05, 0) is 39.7 Å². The molecule has 2 rings (SSSR count). The van der Waals surface area contributed by atoms with Gasteiger partial charge in [-0.15, -0.1) is 0 Å². The lowest BCUT2D eigenvalue weighted by atomic mass is 10.0. The fraction of sp³-hybridized carbons (Fsp3) is 0.571. The van der Waals surface area contributed by atoms with Crippen LogP contribution in [0.15, 0.2) is 6.33 Å². The molecular formula is C14H21N5O2. The predicted octanol–water partition coefficient (Wildman–Crippen LogP) is 0.561. The molecule has 0 aliphatic heterocycles. The summed E-state index contributed by atoms with van der Waals surface area (Å²) in [6.45, 7) is 7.33. The van der Waals surface area contributed by atoms with Crippen molar-refractivity contribution >= 4 is 11.7 Å². The Balaban J connectivity index is 2.12. The molecule has 0 saturated heterocycles. The fourth-order valence-electron chi connectivity index (χ4n) is 2.24. The minimum absolute atomic E-state index is 0.0912. The first-order valence-electron chi connectivity index (χ1n) is 6.92. The highest BCUT2D eigenvalue weighted by Gasteiger charge is 2.19. The van der Waals surface area contributed by atoms with E-state index in [0.29, 0.717) is 18.6 Å². The van der Waals surface area contributed by atoms with Crippen LogP contribution in [0, 0.1) is 13.8 Å². The number of aliphatic hydroxyl groups excluding tert-OH is 1. The smallest absolute Gasteiger partial charge is 0.252 e. The molecule has 0 saturated carbocycles. The van der Waals surface area contributed by atoms with E-state index < -0.39 is 5.54 Å². The Labute approximate surface area is 123 Å². The number of nitrogens with one attached hydrogen (secondary N) is 1. The molecule has 0 spiro atoms. The number of carbonyl (C=O) groups is 1. The molecule has 1 amide bonds. The van der Waals surface area contributed by atoms with Gasteiger partial charge in [0.2, 0.25) is 5.91 Å². The second kappa shape index (κ2) is 5.77. The lowest BCUT2D eigenvalue weighted by molar-refractivity contribution is -0.123. The molecule has 0 bridgehead atoms. The highest BCUT2D eigenvalue weighted by atomic mass is 16.3. The SMILES string of the molecule is Cc1nc2ncnn2c(C)c1CCC(=O)NC(C)(C)CO. The number of aryl methyl sites for hydroxylation is 2. The molecule has 0 aliphatic carbocycles. The molecule has 0 atom stereocenters. The van der Waals surface area contributed by atoms with E-state index in [2.05, 4.69) is 20.4 Å². The molecule has 21 heavy (non-hydrogen) atoms. The number of hydrogen-bond acceptors (Lipinski definition) is 5. The Kier molecular flexibility index (Phi) is 4.22. The monoisotopic (exact) mass is 291 g/mol. The van der Waals surface area contributed by atoms with Gasteiger partial charge in [0.05, 0.1) is 12.1 Å². The third-order valence-electron chi connectivity index (χ3n) is 3.46. The highest BCUT2D eigenvalue weighted by molar-refractivity contribution is 5.77. The van der Waals surface area contributed by atoms with Crippen molar-refractivity contribution in [3.05, 3.63) is 23.3 Å². The van der Waals surface area contributed by atoms with Crippen molar-refractivity contribution in [1.82, 2.24) is 24.9 Å². The van der Waals surface area contributed by atoms with E-state index in [0.717, 1.165) is 17.0 Å². The summed E-state index contributed by atoms with van der Waals surface area (Å²) in [5.74, 6) is 0.478. The van der Waals surface area contributed by atoms with Gasteiger partial charge in [0.25, 0.3) is 5.78 Å². The molecule has 0 aliphatic rings. The zero-order valence-corrected chi connectivity index (χ0v) is 12.8. The third-order valence-corrected chi connectivity index (χ3v) is 3.46. The molecule has 0 fully saturated rings. The maximum Gasteiger partial charge on any atom is 0.252 e. The van der Waals surface area contributed by atoms with Gasteiger partial charge in [0.1, 0.15) is 6.33 Å². The van der Waals surface area contributed by atoms with E-state index >= 15 is 0 Å². The van der Waals surface area contributed by atoms with Crippen LogP contribution < -0.4 is 5.32 Å². The van der Waals surface area contributed by atoms with Gasteiger partial charge in [-0.3, -0.25) is 4.79 Å². The van der Waals surface area contributed by atoms with Crippen LogP contribution in [0.2, 0.25) is 0 Å². The topological polar surface area (TPSA) is 92.4 Å². The van der Waals surface area contributed by atoms with Crippen LogP contribution in [-0.4, -0.2) is 42.7 Å². The maximum absolute atomic E-state index is 11.9. The summed E-state index contributed by atoms with van der Waals surface area (Å²) >= 11 is 0. The molecule has 0 aromatic carbocycles. The maximum atomic E-state index is 11.9. The molecule has 7 nitrogen and oxygen atoms in total. The van der Waals surface area contributed by atoms with Crippen molar-refractivity contribution in [3.63, 3.8) is 0 Å². The minimum Gasteiger partial charge on any atom is -0.394 e. The van der Waals surface area contributed by atoms with Gasteiger partial charge < -0.3 is 10.4 Å². The highest BCUT2D eigenvalue weighted by Crippen LogP contribution is 2.15. The van der Waals surface area contributed by atoms with Crippen LogP contribution in [0.5, 0.6) is 0 Å². The second-order valence-corrected chi connectivity index (χ2v) is 5.82. The van der Waals surface area contributed by atoms with Gasteiger partial charge in [-0.1, -0.05) is 0 Å². The molecule has 2 N–H and O–H groups in total. The van der Waals surface area contributed by atoms with Crippen molar-refractivity contribution in [2.24, 2.45) is 0 Å². The Bertz CT molecular complexity index is 663. The summed E-state index contributed by atoms with van der Waals surface area (Å²) in [5.41, 5.74) is 2.21. The van der Waals surface area contributed by atoms with Gasteiger partial charge in [0, 0.05) is 17.8 Å². The summed E-state index contributed by atoms with van der Waals surface area (Å²) in [6.07, 6.45) is 2.38. The summed E-state index contributed by atoms with van der Waals surface area (Å²) in [4.78, 5) is 20.4. The molecule has 0 radical (unpaired) electrons. The molecule has 2 heterocycles. The van der Waals surface area contributed by atoms with Crippen molar-refractivity contribution in [1.29, 1.82) is 0 Å².